The van der Waals surface area contributed by atoms with Gasteiger partial charge in [-0.1, -0.05) is 0 Å². The molecule has 2 rings (SSSR count). The number of ether oxygens (including phenoxy) is 2. The van der Waals surface area contributed by atoms with Crippen molar-refractivity contribution in [3.05, 3.63) is 24.2 Å². The average molecular weight is 254 g/mol. The Kier molecular flexibility index (Phi) is 4.77. The van der Waals surface area contributed by atoms with E-state index in [2.05, 4.69) is 5.43 Å². The molecular weight excluding hydrogens is 232 g/mol. The van der Waals surface area contributed by atoms with Crippen LogP contribution in [0.3, 0.4) is 0 Å². The lowest BCUT2D eigenvalue weighted by atomic mass is 9.83. The second-order valence-corrected chi connectivity index (χ2v) is 4.67. The largest absolute Gasteiger partial charge is 0.472 e. The molecule has 0 amide bonds. The van der Waals surface area contributed by atoms with E-state index in [4.69, 9.17) is 19.7 Å². The summed E-state index contributed by atoms with van der Waals surface area (Å²) in [6.07, 6.45) is 5.97. The fraction of sp³-hybridized carbons (Fsp3) is 0.692. The van der Waals surface area contributed by atoms with Gasteiger partial charge in [-0.25, -0.2) is 0 Å². The normalized spacial score (nSPS) is 20.8. The molecule has 18 heavy (non-hydrogen) atoms. The smallest absolute Gasteiger partial charge is 0.0935 e. The van der Waals surface area contributed by atoms with E-state index in [1.807, 2.05) is 13.0 Å². The van der Waals surface area contributed by atoms with Crippen molar-refractivity contribution in [2.45, 2.75) is 37.8 Å². The molecule has 1 unspecified atom stereocenters. The third-order valence-electron chi connectivity index (χ3n) is 3.63. The molecule has 0 aliphatic carbocycles. The summed E-state index contributed by atoms with van der Waals surface area (Å²) < 4.78 is 16.6. The molecule has 5 nitrogen and oxygen atoms in total. The van der Waals surface area contributed by atoms with Crippen LogP contribution in [-0.4, -0.2) is 31.5 Å². The third-order valence-corrected chi connectivity index (χ3v) is 3.63. The zero-order valence-corrected chi connectivity index (χ0v) is 10.9. The molecule has 0 bridgehead atoms. The summed E-state index contributed by atoms with van der Waals surface area (Å²) in [5, 5.41) is 0. The molecule has 0 spiro atoms. The van der Waals surface area contributed by atoms with Crippen LogP contribution in [0.15, 0.2) is 23.0 Å². The Bertz CT molecular complexity index is 329. The van der Waals surface area contributed by atoms with Gasteiger partial charge in [0.1, 0.15) is 0 Å². The molecule has 0 saturated carbocycles. The van der Waals surface area contributed by atoms with E-state index in [0.29, 0.717) is 6.61 Å². The maximum Gasteiger partial charge on any atom is 0.0935 e. The van der Waals surface area contributed by atoms with Gasteiger partial charge < -0.3 is 13.9 Å². The van der Waals surface area contributed by atoms with Gasteiger partial charge in [0.15, 0.2) is 0 Å². The zero-order valence-electron chi connectivity index (χ0n) is 10.9. The van der Waals surface area contributed by atoms with Gasteiger partial charge in [-0.15, -0.1) is 0 Å². The van der Waals surface area contributed by atoms with Gasteiger partial charge in [-0.2, -0.15) is 0 Å². The molecule has 1 aliphatic heterocycles. The van der Waals surface area contributed by atoms with Crippen LogP contribution < -0.4 is 11.3 Å². The van der Waals surface area contributed by atoms with Crippen molar-refractivity contribution in [1.29, 1.82) is 0 Å². The molecule has 3 N–H and O–H groups in total. The van der Waals surface area contributed by atoms with E-state index in [1.54, 1.807) is 12.5 Å². The van der Waals surface area contributed by atoms with E-state index < -0.39 is 0 Å². The molecule has 1 aromatic rings. The van der Waals surface area contributed by atoms with Crippen molar-refractivity contribution in [3.8, 4) is 0 Å². The summed E-state index contributed by atoms with van der Waals surface area (Å²) in [4.78, 5) is 0. The Morgan fingerprint density at radius 3 is 2.83 bits per heavy atom. The molecule has 0 aromatic carbocycles. The van der Waals surface area contributed by atoms with Crippen LogP contribution in [-0.2, 0) is 15.9 Å². The van der Waals surface area contributed by atoms with Crippen molar-refractivity contribution in [3.63, 3.8) is 0 Å². The standard InChI is InChI=1S/C13H22N2O3/c1-2-18-13(4-7-16-8-5-13)12(15-14)9-11-3-6-17-10-11/h3,6,10,12,15H,2,4-5,7-9,14H2,1H3. The van der Waals surface area contributed by atoms with Gasteiger partial charge in [0, 0.05) is 32.7 Å². The molecule has 1 atom stereocenters. The Balaban J connectivity index is 2.10. The Morgan fingerprint density at radius 1 is 1.50 bits per heavy atom. The minimum Gasteiger partial charge on any atom is -0.472 e. The maximum absolute atomic E-state index is 6.02. The summed E-state index contributed by atoms with van der Waals surface area (Å²) in [5.41, 5.74) is 3.80. The van der Waals surface area contributed by atoms with Gasteiger partial charge in [0.25, 0.3) is 0 Å². The first kappa shape index (κ1) is 13.5. The number of nitrogens with one attached hydrogen (secondary N) is 1. The van der Waals surface area contributed by atoms with Crippen LogP contribution in [0.5, 0.6) is 0 Å². The quantitative estimate of drug-likeness (QED) is 0.590. The van der Waals surface area contributed by atoms with Crippen LogP contribution in [0.2, 0.25) is 0 Å². The second kappa shape index (κ2) is 6.33. The molecule has 102 valence electrons. The molecular formula is C13H22N2O3. The predicted molar refractivity (Wildman–Crippen MR) is 67.9 cm³/mol. The second-order valence-electron chi connectivity index (χ2n) is 4.67. The van der Waals surface area contributed by atoms with E-state index in [1.165, 1.54) is 0 Å². The Hall–Kier alpha value is -0.880. The van der Waals surface area contributed by atoms with Crippen molar-refractivity contribution < 1.29 is 13.9 Å². The third kappa shape index (κ3) is 2.92. The van der Waals surface area contributed by atoms with Crippen LogP contribution >= 0.6 is 0 Å². The lowest BCUT2D eigenvalue weighted by Gasteiger charge is -2.42. The SMILES string of the molecule is CCOC1(C(Cc2ccoc2)NN)CCOCC1. The van der Waals surface area contributed by atoms with Gasteiger partial charge >= 0.3 is 0 Å². The Labute approximate surface area is 108 Å². The first-order valence-corrected chi connectivity index (χ1v) is 6.49. The highest BCUT2D eigenvalue weighted by Gasteiger charge is 2.40. The van der Waals surface area contributed by atoms with Crippen LogP contribution in [0.1, 0.15) is 25.3 Å². The monoisotopic (exact) mass is 254 g/mol. The lowest BCUT2D eigenvalue weighted by Crippen LogP contribution is -2.58. The number of furan rings is 1. The van der Waals surface area contributed by atoms with E-state index in [9.17, 15) is 0 Å². The number of nitrogens with two attached hydrogens (primary N) is 1. The zero-order chi connectivity index (χ0) is 12.8. The van der Waals surface area contributed by atoms with Crippen molar-refractivity contribution >= 4 is 0 Å². The Morgan fingerprint density at radius 2 is 2.28 bits per heavy atom. The summed E-state index contributed by atoms with van der Waals surface area (Å²) in [7, 11) is 0. The number of hydrogen-bond acceptors (Lipinski definition) is 5. The lowest BCUT2D eigenvalue weighted by molar-refractivity contribution is -0.126. The fourth-order valence-electron chi connectivity index (χ4n) is 2.64. The van der Waals surface area contributed by atoms with Gasteiger partial charge in [-0.3, -0.25) is 11.3 Å². The summed E-state index contributed by atoms with van der Waals surface area (Å²) in [5.74, 6) is 5.73. The van der Waals surface area contributed by atoms with E-state index >= 15 is 0 Å². The van der Waals surface area contributed by atoms with Crippen molar-refractivity contribution in [2.75, 3.05) is 19.8 Å². The van der Waals surface area contributed by atoms with Crippen molar-refractivity contribution in [2.24, 2.45) is 5.84 Å². The highest BCUT2D eigenvalue weighted by Crippen LogP contribution is 2.30. The summed E-state index contributed by atoms with van der Waals surface area (Å²) in [6, 6.07) is 2.03. The molecule has 0 radical (unpaired) electrons. The van der Waals surface area contributed by atoms with E-state index in [-0.39, 0.29) is 11.6 Å². The first-order valence-electron chi connectivity index (χ1n) is 6.49. The molecule has 1 aromatic heterocycles. The number of rotatable bonds is 6. The maximum atomic E-state index is 6.02. The van der Waals surface area contributed by atoms with Gasteiger partial charge in [0.05, 0.1) is 24.2 Å². The van der Waals surface area contributed by atoms with Gasteiger partial charge in [0.2, 0.25) is 0 Å². The van der Waals surface area contributed by atoms with Crippen molar-refractivity contribution in [1.82, 2.24) is 5.43 Å². The summed E-state index contributed by atoms with van der Waals surface area (Å²) >= 11 is 0. The first-order chi connectivity index (χ1) is 8.80. The number of hydrazine groups is 1. The minimum absolute atomic E-state index is 0.0685. The average Bonchev–Trinajstić information content (AvgIpc) is 2.90. The molecule has 1 aliphatic rings. The van der Waals surface area contributed by atoms with Crippen LogP contribution in [0, 0.1) is 0 Å². The fourth-order valence-corrected chi connectivity index (χ4v) is 2.64. The predicted octanol–water partition coefficient (Wildman–Crippen LogP) is 1.24. The number of hydrogen-bond donors (Lipinski definition) is 2. The molecule has 2 heterocycles. The molecule has 5 heteroatoms. The molecule has 1 saturated heterocycles. The van der Waals surface area contributed by atoms with Crippen LogP contribution in [0.4, 0.5) is 0 Å². The topological polar surface area (TPSA) is 69.7 Å². The highest BCUT2D eigenvalue weighted by molar-refractivity contribution is 5.10. The highest BCUT2D eigenvalue weighted by atomic mass is 16.5. The summed E-state index contributed by atoms with van der Waals surface area (Å²) in [6.45, 7) is 4.15. The van der Waals surface area contributed by atoms with E-state index in [0.717, 1.165) is 38.0 Å². The van der Waals surface area contributed by atoms with Gasteiger partial charge in [-0.05, 0) is 25.0 Å². The molecule has 1 fully saturated rings. The minimum atomic E-state index is -0.237. The van der Waals surface area contributed by atoms with Crippen LogP contribution in [0.25, 0.3) is 0 Å².